The maximum Gasteiger partial charge on any atom is 0.0543 e. The van der Waals surface area contributed by atoms with Crippen LogP contribution in [0.25, 0.3) is 0 Å². The van der Waals surface area contributed by atoms with E-state index in [-0.39, 0.29) is 0 Å². The Hall–Kier alpha value is 0.440. The minimum absolute atomic E-state index is 0.400. The molecule has 0 aliphatic heterocycles. The smallest absolute Gasteiger partial charge is 0.0543 e. The molecule has 0 aliphatic carbocycles. The zero-order valence-electron chi connectivity index (χ0n) is 8.64. The zero-order valence-corrected chi connectivity index (χ0v) is 10.2. The number of rotatable bonds is 6. The van der Waals surface area contributed by atoms with Gasteiger partial charge in [0.15, 0.2) is 0 Å². The van der Waals surface area contributed by atoms with E-state index in [2.05, 4.69) is 36.7 Å². The van der Waals surface area contributed by atoms with Crippen LogP contribution < -0.4 is 0 Å². The fraction of sp³-hybridized carbons (Fsp3) is 1.00. The van der Waals surface area contributed by atoms with Gasteiger partial charge in [0.1, 0.15) is 0 Å². The van der Waals surface area contributed by atoms with E-state index in [9.17, 15) is 0 Å². The molecule has 2 unspecified atom stereocenters. The molecule has 0 aromatic carbocycles. The highest BCUT2D eigenvalue weighted by Gasteiger charge is 2.08. The summed E-state index contributed by atoms with van der Waals surface area (Å²) in [5.74, 6) is 0.784. The lowest BCUT2D eigenvalue weighted by Crippen LogP contribution is -2.09. The van der Waals surface area contributed by atoms with Gasteiger partial charge in [0.2, 0.25) is 0 Å². The molecule has 0 fully saturated rings. The van der Waals surface area contributed by atoms with Crippen molar-refractivity contribution in [1.29, 1.82) is 0 Å². The van der Waals surface area contributed by atoms with Gasteiger partial charge in [0.25, 0.3) is 0 Å². The summed E-state index contributed by atoms with van der Waals surface area (Å²) in [6.07, 6.45) is 4.03. The van der Waals surface area contributed by atoms with Crippen molar-refractivity contribution in [2.24, 2.45) is 5.92 Å². The largest absolute Gasteiger partial charge is 0.382 e. The predicted molar refractivity (Wildman–Crippen MR) is 57.9 cm³/mol. The van der Waals surface area contributed by atoms with Crippen LogP contribution in [0.5, 0.6) is 0 Å². The van der Waals surface area contributed by atoms with E-state index in [1.807, 2.05) is 0 Å². The van der Waals surface area contributed by atoms with Crippen LogP contribution in [0.3, 0.4) is 0 Å². The van der Waals surface area contributed by atoms with Crippen LogP contribution in [-0.2, 0) is 4.74 Å². The highest BCUT2D eigenvalue weighted by molar-refractivity contribution is 9.09. The lowest BCUT2D eigenvalue weighted by atomic mass is 10.0. The third-order valence-corrected chi connectivity index (χ3v) is 2.85. The van der Waals surface area contributed by atoms with Crippen molar-refractivity contribution >= 4 is 15.9 Å². The summed E-state index contributed by atoms with van der Waals surface area (Å²) in [5, 5.41) is 0. The van der Waals surface area contributed by atoms with Crippen molar-refractivity contribution in [3.63, 3.8) is 0 Å². The molecule has 0 N–H and O–H groups in total. The zero-order chi connectivity index (χ0) is 9.56. The molecule has 0 aromatic rings. The Balaban J connectivity index is 3.36. The second-order valence-electron chi connectivity index (χ2n) is 3.85. The van der Waals surface area contributed by atoms with E-state index in [1.165, 1.54) is 12.8 Å². The summed E-state index contributed by atoms with van der Waals surface area (Å²) in [6, 6.07) is 0. The van der Waals surface area contributed by atoms with Crippen molar-refractivity contribution in [2.45, 2.75) is 51.0 Å². The van der Waals surface area contributed by atoms with Crippen LogP contribution in [0, 0.1) is 5.92 Å². The normalized spacial score (nSPS) is 16.5. The summed E-state index contributed by atoms with van der Waals surface area (Å²) >= 11 is 3.68. The van der Waals surface area contributed by atoms with Gasteiger partial charge in [-0.15, -0.1) is 0 Å². The van der Waals surface area contributed by atoms with Gasteiger partial charge in [-0.2, -0.15) is 0 Å². The van der Waals surface area contributed by atoms with E-state index < -0.39 is 0 Å². The first-order chi connectivity index (χ1) is 5.56. The van der Waals surface area contributed by atoms with Crippen LogP contribution in [0.15, 0.2) is 0 Å². The van der Waals surface area contributed by atoms with Gasteiger partial charge in [-0.3, -0.25) is 0 Å². The van der Waals surface area contributed by atoms with Crippen LogP contribution in [-0.4, -0.2) is 18.0 Å². The highest BCUT2D eigenvalue weighted by Crippen LogP contribution is 2.18. The number of methoxy groups -OCH3 is 1. The second-order valence-corrected chi connectivity index (χ2v) is 5.15. The SMILES string of the molecule is COC(C)CCC(Br)CC(C)C. The lowest BCUT2D eigenvalue weighted by Gasteiger charge is -2.14. The summed E-state index contributed by atoms with van der Waals surface area (Å²) in [7, 11) is 1.77. The van der Waals surface area contributed by atoms with Crippen molar-refractivity contribution in [1.82, 2.24) is 0 Å². The molecule has 0 spiro atoms. The maximum absolute atomic E-state index is 5.18. The van der Waals surface area contributed by atoms with Gasteiger partial charge < -0.3 is 4.74 Å². The topological polar surface area (TPSA) is 9.23 Å². The van der Waals surface area contributed by atoms with Gasteiger partial charge in [0, 0.05) is 11.9 Å². The van der Waals surface area contributed by atoms with Crippen molar-refractivity contribution in [2.75, 3.05) is 7.11 Å². The molecular weight excluding hydrogens is 216 g/mol. The molecule has 0 rings (SSSR count). The highest BCUT2D eigenvalue weighted by atomic mass is 79.9. The number of hydrogen-bond acceptors (Lipinski definition) is 1. The quantitative estimate of drug-likeness (QED) is 0.641. The monoisotopic (exact) mass is 236 g/mol. The molecule has 0 amide bonds. The van der Waals surface area contributed by atoms with Gasteiger partial charge >= 0.3 is 0 Å². The van der Waals surface area contributed by atoms with Gasteiger partial charge in [-0.25, -0.2) is 0 Å². The average Bonchev–Trinajstić information content (AvgIpc) is 1.99. The Morgan fingerprint density at radius 1 is 1.17 bits per heavy atom. The van der Waals surface area contributed by atoms with Crippen molar-refractivity contribution < 1.29 is 4.74 Å². The molecule has 12 heavy (non-hydrogen) atoms. The average molecular weight is 237 g/mol. The van der Waals surface area contributed by atoms with Gasteiger partial charge in [-0.1, -0.05) is 29.8 Å². The van der Waals surface area contributed by atoms with E-state index in [0.29, 0.717) is 10.9 Å². The Bertz CT molecular complexity index is 104. The number of halogens is 1. The lowest BCUT2D eigenvalue weighted by molar-refractivity contribution is 0.109. The molecule has 2 heteroatoms. The van der Waals surface area contributed by atoms with Crippen LogP contribution >= 0.6 is 15.9 Å². The fourth-order valence-electron chi connectivity index (χ4n) is 1.16. The van der Waals surface area contributed by atoms with E-state index in [0.717, 1.165) is 12.3 Å². The minimum atomic E-state index is 0.400. The minimum Gasteiger partial charge on any atom is -0.382 e. The van der Waals surface area contributed by atoms with Crippen molar-refractivity contribution in [3.05, 3.63) is 0 Å². The predicted octanol–water partition coefficient (Wildman–Crippen LogP) is 3.61. The van der Waals surface area contributed by atoms with E-state index in [1.54, 1.807) is 7.11 Å². The third-order valence-electron chi connectivity index (χ3n) is 2.02. The molecule has 1 nitrogen and oxygen atoms in total. The molecule has 0 saturated carbocycles. The molecule has 0 radical (unpaired) electrons. The molecule has 0 aliphatic rings. The maximum atomic E-state index is 5.18. The van der Waals surface area contributed by atoms with Gasteiger partial charge in [-0.05, 0) is 32.1 Å². The molecule has 74 valence electrons. The van der Waals surface area contributed by atoms with Crippen LogP contribution in [0.1, 0.15) is 40.0 Å². The summed E-state index contributed by atoms with van der Waals surface area (Å²) < 4.78 is 5.18. The Morgan fingerprint density at radius 3 is 2.17 bits per heavy atom. The second kappa shape index (κ2) is 6.90. The van der Waals surface area contributed by atoms with E-state index >= 15 is 0 Å². The molecule has 0 aromatic heterocycles. The third kappa shape index (κ3) is 7.11. The standard InChI is InChI=1S/C10H21BrO/c1-8(2)7-10(11)6-5-9(3)12-4/h8-10H,5-7H2,1-4H3. The van der Waals surface area contributed by atoms with Crippen molar-refractivity contribution in [3.8, 4) is 0 Å². The summed E-state index contributed by atoms with van der Waals surface area (Å²) in [4.78, 5) is 0.662. The number of alkyl halides is 1. The molecular formula is C10H21BrO. The molecule has 2 atom stereocenters. The van der Waals surface area contributed by atoms with E-state index in [4.69, 9.17) is 4.74 Å². The molecule has 0 saturated heterocycles. The van der Waals surface area contributed by atoms with Gasteiger partial charge in [0.05, 0.1) is 6.10 Å². The molecule has 0 heterocycles. The molecule has 0 bridgehead atoms. The first-order valence-corrected chi connectivity index (χ1v) is 5.64. The van der Waals surface area contributed by atoms with Crippen LogP contribution in [0.4, 0.5) is 0 Å². The fourth-order valence-corrected chi connectivity index (χ4v) is 2.17. The Morgan fingerprint density at radius 2 is 1.75 bits per heavy atom. The first-order valence-electron chi connectivity index (χ1n) is 4.73. The Labute approximate surface area is 85.0 Å². The summed E-state index contributed by atoms with van der Waals surface area (Å²) in [5.41, 5.74) is 0. The number of hydrogen-bond donors (Lipinski definition) is 0. The van der Waals surface area contributed by atoms with Crippen LogP contribution in [0.2, 0.25) is 0 Å². The Kier molecular flexibility index (Phi) is 7.16. The first kappa shape index (κ1) is 12.4. The number of ether oxygens (including phenoxy) is 1. The summed E-state index contributed by atoms with van der Waals surface area (Å²) in [6.45, 7) is 6.64.